The maximum absolute atomic E-state index is 12.7. The second kappa shape index (κ2) is 11.0. The molecule has 3 saturated heterocycles. The van der Waals surface area contributed by atoms with Gasteiger partial charge in [0.05, 0.1) is 12.1 Å². The molecule has 4 fully saturated rings. The number of ether oxygens (including phenoxy) is 2. The summed E-state index contributed by atoms with van der Waals surface area (Å²) in [6.07, 6.45) is 12.3. The largest absolute Gasteiger partial charge is 0.493 e. The van der Waals surface area contributed by atoms with Crippen molar-refractivity contribution in [3.8, 4) is 11.6 Å². The molecule has 2 aromatic rings. The zero-order chi connectivity index (χ0) is 24.3. The van der Waals surface area contributed by atoms with Gasteiger partial charge in [-0.05, 0) is 88.4 Å². The first-order chi connectivity index (χ1) is 17.7. The third-order valence-corrected chi connectivity index (χ3v) is 9.13. The molecule has 4 heterocycles. The summed E-state index contributed by atoms with van der Waals surface area (Å²) in [6, 6.07) is 8.82. The first-order valence-electron chi connectivity index (χ1n) is 14.4. The quantitative estimate of drug-likeness (QED) is 0.556. The summed E-state index contributed by atoms with van der Waals surface area (Å²) in [5, 5.41) is 4.07. The van der Waals surface area contributed by atoms with Crippen molar-refractivity contribution in [1.29, 1.82) is 0 Å². The number of H-pyrrole nitrogens is 1. The van der Waals surface area contributed by atoms with E-state index in [2.05, 4.69) is 20.1 Å². The SMILES string of the molecule is O=C(NC1CCN(C[C@@H]2CCCN3CCCC[C@H]23)CC1)Oc1cc2c(OCC3CCC3)cccc2[nH]1. The molecular weight excluding hydrogens is 452 g/mol. The van der Waals surface area contributed by atoms with Crippen LogP contribution in [0.15, 0.2) is 24.3 Å². The molecular formula is C29H42N4O3. The molecule has 7 heteroatoms. The number of piperidine rings is 3. The summed E-state index contributed by atoms with van der Waals surface area (Å²) in [5.41, 5.74) is 0.927. The lowest BCUT2D eigenvalue weighted by atomic mass is 9.83. The predicted molar refractivity (Wildman–Crippen MR) is 142 cm³/mol. The Morgan fingerprint density at radius 2 is 1.83 bits per heavy atom. The molecule has 7 nitrogen and oxygen atoms in total. The van der Waals surface area contributed by atoms with Crippen molar-refractivity contribution in [2.24, 2.45) is 11.8 Å². The number of rotatable bonds is 7. The average molecular weight is 495 g/mol. The first-order valence-corrected chi connectivity index (χ1v) is 14.4. The number of aromatic nitrogens is 1. The minimum atomic E-state index is -0.373. The Hall–Kier alpha value is -2.25. The smallest absolute Gasteiger partial charge is 0.414 e. The lowest BCUT2D eigenvalue weighted by Gasteiger charge is -2.46. The summed E-state index contributed by atoms with van der Waals surface area (Å²) in [7, 11) is 0. The molecule has 2 atom stereocenters. The van der Waals surface area contributed by atoms with Crippen molar-refractivity contribution < 1.29 is 14.3 Å². The van der Waals surface area contributed by atoms with Crippen LogP contribution < -0.4 is 14.8 Å². The van der Waals surface area contributed by atoms with E-state index in [1.165, 1.54) is 71.0 Å². The summed E-state index contributed by atoms with van der Waals surface area (Å²) in [4.78, 5) is 21.3. The molecule has 3 aliphatic heterocycles. The van der Waals surface area contributed by atoms with Gasteiger partial charge in [-0.1, -0.05) is 18.9 Å². The molecule has 36 heavy (non-hydrogen) atoms. The molecule has 4 aliphatic rings. The van der Waals surface area contributed by atoms with Crippen molar-refractivity contribution in [3.05, 3.63) is 24.3 Å². The van der Waals surface area contributed by atoms with Gasteiger partial charge in [-0.25, -0.2) is 4.79 Å². The molecule has 0 radical (unpaired) electrons. The highest BCUT2D eigenvalue weighted by Gasteiger charge is 2.34. The zero-order valence-corrected chi connectivity index (χ0v) is 21.6. The van der Waals surface area contributed by atoms with Crippen LogP contribution in [0.4, 0.5) is 4.79 Å². The van der Waals surface area contributed by atoms with Crippen LogP contribution in [-0.4, -0.2) is 72.3 Å². The fourth-order valence-corrected chi connectivity index (χ4v) is 6.83. The lowest BCUT2D eigenvalue weighted by molar-refractivity contribution is 0.0353. The Morgan fingerprint density at radius 3 is 2.67 bits per heavy atom. The topological polar surface area (TPSA) is 69.8 Å². The first kappa shape index (κ1) is 24.1. The van der Waals surface area contributed by atoms with E-state index in [0.29, 0.717) is 11.8 Å². The molecule has 0 bridgehead atoms. The summed E-state index contributed by atoms with van der Waals surface area (Å²) >= 11 is 0. The second-order valence-electron chi connectivity index (χ2n) is 11.6. The molecule has 1 saturated carbocycles. The molecule has 2 N–H and O–H groups in total. The Labute approximate surface area is 214 Å². The van der Waals surface area contributed by atoms with Gasteiger partial charge in [-0.2, -0.15) is 0 Å². The Balaban J connectivity index is 0.970. The molecule has 1 amide bonds. The fourth-order valence-electron chi connectivity index (χ4n) is 6.83. The monoisotopic (exact) mass is 494 g/mol. The van der Waals surface area contributed by atoms with E-state index in [1.807, 2.05) is 24.3 Å². The number of nitrogens with one attached hydrogen (secondary N) is 2. The highest BCUT2D eigenvalue weighted by molar-refractivity contribution is 5.88. The Morgan fingerprint density at radius 1 is 0.972 bits per heavy atom. The maximum atomic E-state index is 12.7. The van der Waals surface area contributed by atoms with Gasteiger partial charge < -0.3 is 29.6 Å². The number of aromatic amines is 1. The second-order valence-corrected chi connectivity index (χ2v) is 11.6. The van der Waals surface area contributed by atoms with Crippen molar-refractivity contribution in [1.82, 2.24) is 20.1 Å². The van der Waals surface area contributed by atoms with Crippen LogP contribution in [-0.2, 0) is 0 Å². The van der Waals surface area contributed by atoms with E-state index in [4.69, 9.17) is 9.47 Å². The van der Waals surface area contributed by atoms with Gasteiger partial charge in [0.15, 0.2) is 0 Å². The summed E-state index contributed by atoms with van der Waals surface area (Å²) in [6.45, 7) is 6.71. The number of hydrogen-bond donors (Lipinski definition) is 2. The van der Waals surface area contributed by atoms with Gasteiger partial charge in [0.25, 0.3) is 0 Å². The number of likely N-dealkylation sites (tertiary alicyclic amines) is 1. The molecule has 196 valence electrons. The third-order valence-electron chi connectivity index (χ3n) is 9.13. The van der Waals surface area contributed by atoms with Crippen LogP contribution in [0.2, 0.25) is 0 Å². The van der Waals surface area contributed by atoms with E-state index in [-0.39, 0.29) is 12.1 Å². The standard InChI is InChI=1S/C29H42N4O3/c34-29(36-28-18-24-25(31-28)9-4-11-27(24)35-20-21-6-3-7-21)30-23-12-16-32(17-13-23)19-22-8-5-15-33-14-2-1-10-26(22)33/h4,9,11,18,21-23,26,31H,1-3,5-8,10,12-17,19-20H2,(H,30,34)/t22-,26+/m0/s1. The number of hydrogen-bond acceptors (Lipinski definition) is 5. The Bertz CT molecular complexity index is 1020. The van der Waals surface area contributed by atoms with Gasteiger partial charge in [-0.15, -0.1) is 0 Å². The van der Waals surface area contributed by atoms with Gasteiger partial charge in [-0.3, -0.25) is 0 Å². The van der Waals surface area contributed by atoms with Gasteiger partial charge in [0, 0.05) is 43.2 Å². The van der Waals surface area contributed by atoms with Crippen molar-refractivity contribution in [2.45, 2.75) is 76.3 Å². The third kappa shape index (κ3) is 5.52. The van der Waals surface area contributed by atoms with E-state index in [0.717, 1.165) is 61.2 Å². The Kier molecular flexibility index (Phi) is 7.38. The number of amides is 1. The highest BCUT2D eigenvalue weighted by Crippen LogP contribution is 2.33. The van der Waals surface area contributed by atoms with E-state index in [9.17, 15) is 4.79 Å². The molecule has 1 aliphatic carbocycles. The zero-order valence-electron chi connectivity index (χ0n) is 21.6. The van der Waals surface area contributed by atoms with Crippen LogP contribution in [0.5, 0.6) is 11.6 Å². The predicted octanol–water partition coefficient (Wildman–Crippen LogP) is 5.16. The molecule has 1 aromatic heterocycles. The number of nitrogens with zero attached hydrogens (tertiary/aromatic N) is 2. The van der Waals surface area contributed by atoms with Gasteiger partial charge in [0.1, 0.15) is 5.75 Å². The van der Waals surface area contributed by atoms with Crippen molar-refractivity contribution >= 4 is 17.0 Å². The van der Waals surface area contributed by atoms with E-state index < -0.39 is 0 Å². The van der Waals surface area contributed by atoms with Crippen molar-refractivity contribution in [3.63, 3.8) is 0 Å². The maximum Gasteiger partial charge on any atom is 0.414 e. The number of carbonyl (C=O) groups is 1. The van der Waals surface area contributed by atoms with Crippen LogP contribution in [0.1, 0.15) is 64.2 Å². The van der Waals surface area contributed by atoms with E-state index >= 15 is 0 Å². The van der Waals surface area contributed by atoms with Gasteiger partial charge >= 0.3 is 6.09 Å². The highest BCUT2D eigenvalue weighted by atomic mass is 16.6. The fraction of sp³-hybridized carbons (Fsp3) is 0.690. The van der Waals surface area contributed by atoms with E-state index in [1.54, 1.807) is 0 Å². The minimum absolute atomic E-state index is 0.178. The van der Waals surface area contributed by atoms with Crippen molar-refractivity contribution in [2.75, 3.05) is 39.3 Å². The number of benzene rings is 1. The average Bonchev–Trinajstić information content (AvgIpc) is 3.27. The molecule has 0 unspecified atom stereocenters. The lowest BCUT2D eigenvalue weighted by Crippen LogP contribution is -2.52. The normalized spacial score (nSPS) is 26.3. The van der Waals surface area contributed by atoms with Crippen LogP contribution in [0, 0.1) is 11.8 Å². The number of carbonyl (C=O) groups excluding carboxylic acids is 1. The van der Waals surface area contributed by atoms with Crippen LogP contribution in [0.25, 0.3) is 10.9 Å². The summed E-state index contributed by atoms with van der Waals surface area (Å²) in [5.74, 6) is 2.82. The van der Waals surface area contributed by atoms with Crippen LogP contribution in [0.3, 0.4) is 0 Å². The molecule has 6 rings (SSSR count). The molecule has 1 aromatic carbocycles. The summed E-state index contributed by atoms with van der Waals surface area (Å²) < 4.78 is 11.7. The minimum Gasteiger partial charge on any atom is -0.493 e. The molecule has 0 spiro atoms. The van der Waals surface area contributed by atoms with Crippen LogP contribution >= 0.6 is 0 Å². The number of fused-ring (bicyclic) bond motifs is 2. The van der Waals surface area contributed by atoms with Gasteiger partial charge in [0.2, 0.25) is 5.88 Å².